The van der Waals surface area contributed by atoms with Crippen LogP contribution in [0.15, 0.2) is 72.8 Å². The Kier molecular flexibility index (Phi) is 5.37. The Morgan fingerprint density at radius 1 is 1.00 bits per heavy atom. The SMILES string of the molecule is O=C(COCc1ccccc1)Nc1n[nH]c2cc(-c3cccc(Cl)c3)ccc12. The Morgan fingerprint density at radius 3 is 2.64 bits per heavy atom. The van der Waals surface area contributed by atoms with E-state index in [9.17, 15) is 4.79 Å². The molecule has 28 heavy (non-hydrogen) atoms. The molecule has 5 nitrogen and oxygen atoms in total. The fraction of sp³-hybridized carbons (Fsp3) is 0.0909. The predicted molar refractivity (Wildman–Crippen MR) is 111 cm³/mol. The fourth-order valence-corrected chi connectivity index (χ4v) is 3.16. The zero-order valence-corrected chi connectivity index (χ0v) is 15.7. The lowest BCUT2D eigenvalue weighted by Crippen LogP contribution is -2.18. The molecule has 0 saturated heterocycles. The van der Waals surface area contributed by atoms with Gasteiger partial charge in [0.15, 0.2) is 5.82 Å². The van der Waals surface area contributed by atoms with Crippen molar-refractivity contribution in [3.05, 3.63) is 83.4 Å². The highest BCUT2D eigenvalue weighted by Gasteiger charge is 2.11. The van der Waals surface area contributed by atoms with E-state index in [4.69, 9.17) is 16.3 Å². The summed E-state index contributed by atoms with van der Waals surface area (Å²) in [5.41, 5.74) is 3.89. The molecule has 0 radical (unpaired) electrons. The summed E-state index contributed by atoms with van der Waals surface area (Å²) in [5, 5.41) is 11.5. The van der Waals surface area contributed by atoms with Crippen molar-refractivity contribution in [3.63, 3.8) is 0 Å². The van der Waals surface area contributed by atoms with Gasteiger partial charge in [-0.05, 0) is 41.0 Å². The van der Waals surface area contributed by atoms with Crippen LogP contribution in [-0.4, -0.2) is 22.7 Å². The summed E-state index contributed by atoms with van der Waals surface area (Å²) in [6.07, 6.45) is 0. The fourth-order valence-electron chi connectivity index (χ4n) is 2.97. The Balaban J connectivity index is 1.42. The number of aromatic amines is 1. The van der Waals surface area contributed by atoms with E-state index in [-0.39, 0.29) is 12.5 Å². The van der Waals surface area contributed by atoms with Gasteiger partial charge in [0.2, 0.25) is 0 Å². The van der Waals surface area contributed by atoms with Gasteiger partial charge in [0.25, 0.3) is 5.91 Å². The van der Waals surface area contributed by atoms with E-state index in [1.165, 1.54) is 0 Å². The molecule has 140 valence electrons. The quantitative estimate of drug-likeness (QED) is 0.484. The Bertz CT molecular complexity index is 1110. The summed E-state index contributed by atoms with van der Waals surface area (Å²) in [4.78, 5) is 12.2. The molecule has 0 spiro atoms. The van der Waals surface area contributed by atoms with Crippen LogP contribution in [0.4, 0.5) is 5.82 Å². The van der Waals surface area contributed by atoms with E-state index < -0.39 is 0 Å². The molecule has 0 bridgehead atoms. The number of halogens is 1. The Hall–Kier alpha value is -3.15. The van der Waals surface area contributed by atoms with Crippen molar-refractivity contribution in [1.29, 1.82) is 0 Å². The standard InChI is InChI=1S/C22H18ClN3O2/c23-18-8-4-7-16(11-18)17-9-10-19-20(12-17)25-26-22(19)24-21(27)14-28-13-15-5-2-1-3-6-15/h1-12H,13-14H2,(H2,24,25,26,27). The summed E-state index contributed by atoms with van der Waals surface area (Å²) in [5.74, 6) is 0.240. The molecule has 0 aliphatic heterocycles. The van der Waals surface area contributed by atoms with E-state index in [0.29, 0.717) is 17.4 Å². The van der Waals surface area contributed by atoms with Crippen molar-refractivity contribution in [2.24, 2.45) is 0 Å². The number of hydrogen-bond acceptors (Lipinski definition) is 3. The number of fused-ring (bicyclic) bond motifs is 1. The van der Waals surface area contributed by atoms with Crippen molar-refractivity contribution in [3.8, 4) is 11.1 Å². The number of carbonyl (C=O) groups is 1. The number of benzene rings is 3. The molecule has 1 aromatic heterocycles. The number of H-pyrrole nitrogens is 1. The number of carbonyl (C=O) groups excluding carboxylic acids is 1. The van der Waals surface area contributed by atoms with Crippen LogP contribution in [0.2, 0.25) is 5.02 Å². The van der Waals surface area contributed by atoms with Crippen LogP contribution < -0.4 is 5.32 Å². The molecule has 0 unspecified atom stereocenters. The smallest absolute Gasteiger partial charge is 0.251 e. The molecule has 6 heteroatoms. The lowest BCUT2D eigenvalue weighted by atomic mass is 10.0. The van der Waals surface area contributed by atoms with Gasteiger partial charge >= 0.3 is 0 Å². The van der Waals surface area contributed by atoms with Crippen LogP contribution in [0.5, 0.6) is 0 Å². The molecular weight excluding hydrogens is 374 g/mol. The lowest BCUT2D eigenvalue weighted by Gasteiger charge is -2.05. The molecule has 0 fully saturated rings. The molecule has 0 aliphatic rings. The zero-order chi connectivity index (χ0) is 19.3. The Morgan fingerprint density at radius 2 is 1.82 bits per heavy atom. The third-order valence-corrected chi connectivity index (χ3v) is 4.56. The molecule has 2 N–H and O–H groups in total. The number of anilines is 1. The number of ether oxygens (including phenoxy) is 1. The maximum atomic E-state index is 12.2. The van der Waals surface area contributed by atoms with Crippen molar-refractivity contribution < 1.29 is 9.53 Å². The molecule has 0 aliphatic carbocycles. The van der Waals surface area contributed by atoms with E-state index in [1.807, 2.05) is 72.8 Å². The van der Waals surface area contributed by atoms with E-state index in [1.54, 1.807) is 0 Å². The molecule has 1 amide bonds. The van der Waals surface area contributed by atoms with Crippen LogP contribution in [0, 0.1) is 0 Å². The monoisotopic (exact) mass is 391 g/mol. The first kappa shape index (κ1) is 18.2. The van der Waals surface area contributed by atoms with Gasteiger partial charge in [-0.1, -0.05) is 60.1 Å². The summed E-state index contributed by atoms with van der Waals surface area (Å²) in [6.45, 7) is 0.350. The largest absolute Gasteiger partial charge is 0.367 e. The van der Waals surface area contributed by atoms with Gasteiger partial charge in [0.05, 0.1) is 12.1 Å². The second-order valence-corrected chi connectivity index (χ2v) is 6.81. The van der Waals surface area contributed by atoms with Crippen molar-refractivity contribution in [1.82, 2.24) is 10.2 Å². The number of nitrogens with one attached hydrogen (secondary N) is 2. The van der Waals surface area contributed by atoms with Crippen molar-refractivity contribution in [2.45, 2.75) is 6.61 Å². The summed E-state index contributed by atoms with van der Waals surface area (Å²) < 4.78 is 5.47. The first-order valence-corrected chi connectivity index (χ1v) is 9.22. The van der Waals surface area contributed by atoms with Crippen molar-refractivity contribution in [2.75, 3.05) is 11.9 Å². The summed E-state index contributed by atoms with van der Waals surface area (Å²) in [6, 6.07) is 23.3. The van der Waals surface area contributed by atoms with Crippen molar-refractivity contribution >= 4 is 34.2 Å². The van der Waals surface area contributed by atoms with Gasteiger partial charge < -0.3 is 10.1 Å². The molecule has 0 saturated carbocycles. The average Bonchev–Trinajstić information content (AvgIpc) is 3.11. The molecule has 3 aromatic carbocycles. The van der Waals surface area contributed by atoms with Crippen LogP contribution >= 0.6 is 11.6 Å². The maximum absolute atomic E-state index is 12.2. The van der Waals surface area contributed by atoms with Gasteiger partial charge in [-0.15, -0.1) is 0 Å². The minimum Gasteiger partial charge on any atom is -0.367 e. The van der Waals surface area contributed by atoms with E-state index in [0.717, 1.165) is 27.6 Å². The van der Waals surface area contributed by atoms with Gasteiger partial charge in [-0.2, -0.15) is 5.10 Å². The second-order valence-electron chi connectivity index (χ2n) is 6.37. The van der Waals surface area contributed by atoms with Gasteiger partial charge in [0.1, 0.15) is 6.61 Å². The number of amides is 1. The normalized spacial score (nSPS) is 10.9. The maximum Gasteiger partial charge on any atom is 0.251 e. The number of aromatic nitrogens is 2. The third kappa shape index (κ3) is 4.22. The molecule has 1 heterocycles. The van der Waals surface area contributed by atoms with Crippen LogP contribution in [0.1, 0.15) is 5.56 Å². The van der Waals surface area contributed by atoms with E-state index in [2.05, 4.69) is 15.5 Å². The zero-order valence-electron chi connectivity index (χ0n) is 15.0. The first-order valence-electron chi connectivity index (χ1n) is 8.84. The van der Waals surface area contributed by atoms with Crippen LogP contribution in [0.25, 0.3) is 22.0 Å². The summed E-state index contributed by atoms with van der Waals surface area (Å²) >= 11 is 6.08. The number of hydrogen-bond donors (Lipinski definition) is 2. The number of nitrogens with zero attached hydrogens (tertiary/aromatic N) is 1. The highest BCUT2D eigenvalue weighted by molar-refractivity contribution is 6.30. The minimum absolute atomic E-state index is 0.0379. The molecule has 4 aromatic rings. The topological polar surface area (TPSA) is 67.0 Å². The minimum atomic E-state index is -0.247. The molecule has 4 rings (SSSR count). The van der Waals surface area contributed by atoms with Gasteiger partial charge in [-0.3, -0.25) is 9.89 Å². The lowest BCUT2D eigenvalue weighted by molar-refractivity contribution is -0.121. The van der Waals surface area contributed by atoms with Crippen LogP contribution in [0.3, 0.4) is 0 Å². The second kappa shape index (κ2) is 8.25. The summed E-state index contributed by atoms with van der Waals surface area (Å²) in [7, 11) is 0. The van der Waals surface area contributed by atoms with Gasteiger partial charge in [-0.25, -0.2) is 0 Å². The molecule has 0 atom stereocenters. The number of rotatable bonds is 6. The van der Waals surface area contributed by atoms with Gasteiger partial charge in [0, 0.05) is 10.4 Å². The average molecular weight is 392 g/mol. The third-order valence-electron chi connectivity index (χ3n) is 4.32. The highest BCUT2D eigenvalue weighted by atomic mass is 35.5. The Labute approximate surface area is 167 Å². The highest BCUT2D eigenvalue weighted by Crippen LogP contribution is 2.28. The van der Waals surface area contributed by atoms with Crippen LogP contribution in [-0.2, 0) is 16.1 Å². The molecular formula is C22H18ClN3O2. The predicted octanol–water partition coefficient (Wildman–Crippen LogP) is 5.04. The first-order chi connectivity index (χ1) is 13.7. The van der Waals surface area contributed by atoms with E-state index >= 15 is 0 Å².